The van der Waals surface area contributed by atoms with Crippen LogP contribution in [0.15, 0.2) is 37.0 Å². The lowest BCUT2D eigenvalue weighted by Crippen LogP contribution is -1.80. The summed E-state index contributed by atoms with van der Waals surface area (Å²) in [7, 11) is 0. The summed E-state index contributed by atoms with van der Waals surface area (Å²) >= 11 is 0. The second-order valence-electron chi connectivity index (χ2n) is 7.42. The van der Waals surface area contributed by atoms with Crippen molar-refractivity contribution in [2.75, 3.05) is 0 Å². The molecular weight excluding hydrogens is 300 g/mol. The third kappa shape index (κ3) is 23.2. The number of rotatable bonds is 20. The van der Waals surface area contributed by atoms with Crippen molar-refractivity contribution in [2.45, 2.75) is 122 Å². The molecular formula is C25H46. The Morgan fingerprint density at radius 2 is 0.760 bits per heavy atom. The van der Waals surface area contributed by atoms with Gasteiger partial charge in [-0.2, -0.15) is 0 Å². The van der Waals surface area contributed by atoms with Gasteiger partial charge in [0, 0.05) is 0 Å². The average Bonchev–Trinajstić information content (AvgIpc) is 2.63. The van der Waals surface area contributed by atoms with E-state index in [1.807, 2.05) is 6.08 Å². The smallest absolute Gasteiger partial charge is 0.0351 e. The van der Waals surface area contributed by atoms with Gasteiger partial charge in [-0.15, -0.1) is 6.58 Å². The van der Waals surface area contributed by atoms with Crippen LogP contribution >= 0.6 is 0 Å². The number of allylic oxidation sites excluding steroid dienone is 5. The van der Waals surface area contributed by atoms with Gasteiger partial charge < -0.3 is 0 Å². The van der Waals surface area contributed by atoms with E-state index in [1.54, 1.807) is 0 Å². The van der Waals surface area contributed by atoms with E-state index >= 15 is 0 Å². The molecule has 146 valence electrons. The SMILES string of the molecule is C=CCCCCC=CCCCCC=CCCCCCCCCCCC. The number of hydrogen-bond donors (Lipinski definition) is 0. The molecule has 0 N–H and O–H groups in total. The van der Waals surface area contributed by atoms with Crippen LogP contribution in [-0.2, 0) is 0 Å². The van der Waals surface area contributed by atoms with Crippen LogP contribution in [0.5, 0.6) is 0 Å². The monoisotopic (exact) mass is 346 g/mol. The van der Waals surface area contributed by atoms with Gasteiger partial charge in [0.25, 0.3) is 0 Å². The number of hydrogen-bond acceptors (Lipinski definition) is 0. The molecule has 0 spiro atoms. The van der Waals surface area contributed by atoms with Gasteiger partial charge in [0.15, 0.2) is 0 Å². The standard InChI is InChI=1S/C25H46/c1-3-5-7-9-11-13-15-17-19-21-23-25-24-22-20-18-16-14-12-10-8-6-4-2/h3,13,15,24-25H,1,4-12,14,16-23H2,2H3. The van der Waals surface area contributed by atoms with Gasteiger partial charge in [0.05, 0.1) is 0 Å². The summed E-state index contributed by atoms with van der Waals surface area (Å²) in [6, 6.07) is 0. The Morgan fingerprint density at radius 1 is 0.440 bits per heavy atom. The summed E-state index contributed by atoms with van der Waals surface area (Å²) in [5.41, 5.74) is 0. The Balaban J connectivity index is 3.13. The third-order valence-corrected chi connectivity index (χ3v) is 4.83. The van der Waals surface area contributed by atoms with Crippen LogP contribution in [0.25, 0.3) is 0 Å². The van der Waals surface area contributed by atoms with E-state index in [4.69, 9.17) is 0 Å². The van der Waals surface area contributed by atoms with Gasteiger partial charge >= 0.3 is 0 Å². The molecule has 0 heteroatoms. The maximum Gasteiger partial charge on any atom is -0.0351 e. The highest BCUT2D eigenvalue weighted by atomic mass is 14.0. The first-order valence-corrected chi connectivity index (χ1v) is 11.3. The summed E-state index contributed by atoms with van der Waals surface area (Å²) in [5, 5.41) is 0. The zero-order chi connectivity index (χ0) is 18.3. The van der Waals surface area contributed by atoms with Crippen molar-refractivity contribution in [1.29, 1.82) is 0 Å². The molecule has 0 nitrogen and oxygen atoms in total. The van der Waals surface area contributed by atoms with E-state index in [0.717, 1.165) is 0 Å². The highest BCUT2D eigenvalue weighted by Gasteiger charge is 1.91. The van der Waals surface area contributed by atoms with Crippen LogP contribution in [0.1, 0.15) is 122 Å². The van der Waals surface area contributed by atoms with Crippen LogP contribution in [-0.4, -0.2) is 0 Å². The number of unbranched alkanes of at least 4 members (excludes halogenated alkanes) is 15. The minimum absolute atomic E-state index is 1.17. The van der Waals surface area contributed by atoms with Gasteiger partial charge in [-0.3, -0.25) is 0 Å². The lowest BCUT2D eigenvalue weighted by Gasteiger charge is -2.00. The molecule has 0 radical (unpaired) electrons. The molecule has 0 aromatic heterocycles. The van der Waals surface area contributed by atoms with Crippen molar-refractivity contribution >= 4 is 0 Å². The van der Waals surface area contributed by atoms with Crippen molar-refractivity contribution in [3.8, 4) is 0 Å². The summed E-state index contributed by atoms with van der Waals surface area (Å²) in [6.45, 7) is 6.05. The second kappa shape index (κ2) is 23.2. The molecule has 0 aromatic carbocycles. The van der Waals surface area contributed by atoms with Crippen LogP contribution < -0.4 is 0 Å². The van der Waals surface area contributed by atoms with E-state index in [-0.39, 0.29) is 0 Å². The first-order valence-electron chi connectivity index (χ1n) is 11.3. The molecule has 0 saturated carbocycles. The van der Waals surface area contributed by atoms with Crippen molar-refractivity contribution in [1.82, 2.24) is 0 Å². The van der Waals surface area contributed by atoms with Crippen molar-refractivity contribution in [3.63, 3.8) is 0 Å². The van der Waals surface area contributed by atoms with E-state index in [9.17, 15) is 0 Å². The quantitative estimate of drug-likeness (QED) is 0.152. The molecule has 0 aliphatic carbocycles. The fourth-order valence-electron chi connectivity index (χ4n) is 3.12. The second-order valence-corrected chi connectivity index (χ2v) is 7.42. The van der Waals surface area contributed by atoms with Crippen molar-refractivity contribution in [3.05, 3.63) is 37.0 Å². The Morgan fingerprint density at radius 3 is 1.16 bits per heavy atom. The van der Waals surface area contributed by atoms with Crippen molar-refractivity contribution in [2.24, 2.45) is 0 Å². The van der Waals surface area contributed by atoms with Gasteiger partial charge in [-0.1, -0.05) is 88.7 Å². The normalized spacial score (nSPS) is 11.7. The molecule has 25 heavy (non-hydrogen) atoms. The maximum absolute atomic E-state index is 3.76. The Kier molecular flexibility index (Phi) is 22.5. The minimum Gasteiger partial charge on any atom is -0.103 e. The lowest BCUT2D eigenvalue weighted by atomic mass is 10.1. The zero-order valence-corrected chi connectivity index (χ0v) is 17.3. The van der Waals surface area contributed by atoms with Gasteiger partial charge in [0.1, 0.15) is 0 Å². The topological polar surface area (TPSA) is 0 Å². The molecule has 0 aliphatic rings. The zero-order valence-electron chi connectivity index (χ0n) is 17.3. The average molecular weight is 347 g/mol. The van der Waals surface area contributed by atoms with E-state index < -0.39 is 0 Å². The fourth-order valence-corrected chi connectivity index (χ4v) is 3.12. The molecule has 0 atom stereocenters. The Labute approximate surface area is 159 Å². The van der Waals surface area contributed by atoms with Crippen LogP contribution in [0.3, 0.4) is 0 Å². The van der Waals surface area contributed by atoms with Gasteiger partial charge in [-0.25, -0.2) is 0 Å². The highest BCUT2D eigenvalue weighted by molar-refractivity contribution is 4.84. The Hall–Kier alpha value is -0.780. The summed E-state index contributed by atoms with van der Waals surface area (Å²) < 4.78 is 0. The fraction of sp³-hybridized carbons (Fsp3) is 0.760. The summed E-state index contributed by atoms with van der Waals surface area (Å²) in [5.74, 6) is 0. The molecule has 0 saturated heterocycles. The predicted molar refractivity (Wildman–Crippen MR) is 117 cm³/mol. The Bertz CT molecular complexity index is 297. The molecule has 0 amide bonds. The van der Waals surface area contributed by atoms with E-state index in [1.165, 1.54) is 116 Å². The van der Waals surface area contributed by atoms with Gasteiger partial charge in [0.2, 0.25) is 0 Å². The summed E-state index contributed by atoms with van der Waals surface area (Å²) in [6.07, 6.45) is 36.0. The van der Waals surface area contributed by atoms with Crippen molar-refractivity contribution < 1.29 is 0 Å². The molecule has 0 rings (SSSR count). The molecule has 0 aliphatic heterocycles. The van der Waals surface area contributed by atoms with E-state index in [2.05, 4.69) is 37.8 Å². The first kappa shape index (κ1) is 24.2. The lowest BCUT2D eigenvalue weighted by molar-refractivity contribution is 0.566. The molecule has 0 aromatic rings. The maximum atomic E-state index is 3.76. The molecule has 0 bridgehead atoms. The van der Waals surface area contributed by atoms with Gasteiger partial charge in [-0.05, 0) is 64.2 Å². The van der Waals surface area contributed by atoms with E-state index in [0.29, 0.717) is 0 Å². The molecule has 0 heterocycles. The molecule has 0 fully saturated rings. The predicted octanol–water partition coefficient (Wildman–Crippen LogP) is 9.33. The minimum atomic E-state index is 1.17. The van der Waals surface area contributed by atoms with Crippen LogP contribution in [0.4, 0.5) is 0 Å². The third-order valence-electron chi connectivity index (χ3n) is 4.83. The highest BCUT2D eigenvalue weighted by Crippen LogP contribution is 2.11. The van der Waals surface area contributed by atoms with Crippen LogP contribution in [0.2, 0.25) is 0 Å². The largest absolute Gasteiger partial charge is 0.103 e. The molecule has 0 unspecified atom stereocenters. The summed E-state index contributed by atoms with van der Waals surface area (Å²) in [4.78, 5) is 0. The van der Waals surface area contributed by atoms with Crippen LogP contribution in [0, 0.1) is 0 Å². The first-order chi connectivity index (χ1) is 12.4.